The molecule has 1 heterocycles. The minimum absolute atomic E-state index is 0.165. The number of carbonyl (C=O) groups is 1. The molecule has 0 spiro atoms. The molecular weight excluding hydrogens is 355 g/mol. The van der Waals surface area contributed by atoms with E-state index in [4.69, 9.17) is 28.6 Å². The Bertz CT molecular complexity index is 742. The lowest BCUT2D eigenvalue weighted by atomic mass is 10.1. The van der Waals surface area contributed by atoms with E-state index >= 15 is 0 Å². The molecule has 0 bridgehead atoms. The molecule has 0 amide bonds. The van der Waals surface area contributed by atoms with Crippen LogP contribution < -0.4 is 5.32 Å². The number of hydrogen-bond donors (Lipinski definition) is 2. The van der Waals surface area contributed by atoms with Gasteiger partial charge in [0, 0.05) is 23.9 Å². The van der Waals surface area contributed by atoms with Gasteiger partial charge >= 0.3 is 5.97 Å². The fraction of sp³-hybridized carbons (Fsp3) is 0.125. The van der Waals surface area contributed by atoms with Crippen molar-refractivity contribution in [2.45, 2.75) is 6.54 Å². The number of thiophene rings is 1. The minimum atomic E-state index is -0.471. The van der Waals surface area contributed by atoms with Crippen molar-refractivity contribution in [3.63, 3.8) is 0 Å². The second-order valence-electron chi connectivity index (χ2n) is 4.53. The lowest BCUT2D eigenvalue weighted by molar-refractivity contribution is 0.0606. The number of nitrogens with one attached hydrogen (secondary N) is 2. The lowest BCUT2D eigenvalue weighted by Crippen LogP contribution is -2.07. The summed E-state index contributed by atoms with van der Waals surface area (Å²) in [5.41, 5.74) is 2.03. The third kappa shape index (κ3) is 4.58. The van der Waals surface area contributed by atoms with Crippen molar-refractivity contribution in [1.29, 1.82) is 5.41 Å². The molecule has 0 aliphatic heterocycles. The molecule has 2 aromatic rings. The summed E-state index contributed by atoms with van der Waals surface area (Å²) >= 11 is 13.1. The molecule has 4 nitrogen and oxygen atoms in total. The van der Waals surface area contributed by atoms with Crippen LogP contribution in [0.25, 0.3) is 5.57 Å². The zero-order valence-corrected chi connectivity index (χ0v) is 14.6. The zero-order chi connectivity index (χ0) is 16.8. The standard InChI is InChI=1S/C16H14Cl2N2O2S/c1-22-16(21)13-7-11(15(18)23-13)12(14(17)19)9-20-8-10-5-3-2-4-6-10/h2-7,9,19-20H,8H2,1H3/b12-9-,19-14?. The van der Waals surface area contributed by atoms with E-state index in [-0.39, 0.29) is 5.17 Å². The van der Waals surface area contributed by atoms with Crippen molar-refractivity contribution in [3.8, 4) is 0 Å². The topological polar surface area (TPSA) is 62.2 Å². The van der Waals surface area contributed by atoms with Gasteiger partial charge in [-0.05, 0) is 11.6 Å². The summed E-state index contributed by atoms with van der Waals surface area (Å²) in [6.45, 7) is 0.583. The fourth-order valence-corrected chi connectivity index (χ4v) is 3.26. The van der Waals surface area contributed by atoms with Crippen molar-refractivity contribution in [3.05, 3.63) is 62.9 Å². The van der Waals surface area contributed by atoms with E-state index < -0.39 is 5.97 Å². The first-order valence-electron chi connectivity index (χ1n) is 6.63. The van der Waals surface area contributed by atoms with Crippen molar-refractivity contribution in [2.75, 3.05) is 7.11 Å². The van der Waals surface area contributed by atoms with Crippen molar-refractivity contribution in [1.82, 2.24) is 5.32 Å². The van der Waals surface area contributed by atoms with Crippen LogP contribution >= 0.6 is 34.5 Å². The molecule has 0 unspecified atom stereocenters. The average Bonchev–Trinajstić information content (AvgIpc) is 2.93. The van der Waals surface area contributed by atoms with Gasteiger partial charge in [-0.2, -0.15) is 0 Å². The molecule has 0 fully saturated rings. The van der Waals surface area contributed by atoms with E-state index in [0.29, 0.717) is 26.9 Å². The van der Waals surface area contributed by atoms with Crippen molar-refractivity contribution in [2.24, 2.45) is 0 Å². The second kappa shape index (κ2) is 8.15. The Morgan fingerprint density at radius 2 is 2.09 bits per heavy atom. The number of ether oxygens (including phenoxy) is 1. The summed E-state index contributed by atoms with van der Waals surface area (Å²) < 4.78 is 5.05. The van der Waals surface area contributed by atoms with Crippen LogP contribution in [0.15, 0.2) is 42.6 Å². The Labute approximate surface area is 148 Å². The van der Waals surface area contributed by atoms with E-state index in [1.165, 1.54) is 7.11 Å². The zero-order valence-electron chi connectivity index (χ0n) is 12.2. The number of halogens is 2. The molecule has 0 saturated heterocycles. The number of benzene rings is 1. The van der Waals surface area contributed by atoms with Crippen LogP contribution in [-0.4, -0.2) is 18.2 Å². The van der Waals surface area contributed by atoms with Gasteiger partial charge in [0.2, 0.25) is 0 Å². The monoisotopic (exact) mass is 368 g/mol. The van der Waals surface area contributed by atoms with Crippen LogP contribution in [0.2, 0.25) is 4.34 Å². The predicted molar refractivity (Wildman–Crippen MR) is 95.5 cm³/mol. The Balaban J connectivity index is 2.21. The third-order valence-corrected chi connectivity index (χ3v) is 4.54. The van der Waals surface area contributed by atoms with Crippen molar-refractivity contribution < 1.29 is 9.53 Å². The maximum Gasteiger partial charge on any atom is 0.348 e. The Morgan fingerprint density at radius 1 is 1.39 bits per heavy atom. The van der Waals surface area contributed by atoms with Gasteiger partial charge in [0.15, 0.2) is 0 Å². The Kier molecular flexibility index (Phi) is 6.21. The summed E-state index contributed by atoms with van der Waals surface area (Å²) in [5, 5.41) is 10.7. The molecule has 0 radical (unpaired) electrons. The van der Waals surface area contributed by atoms with Crippen LogP contribution in [0.3, 0.4) is 0 Å². The highest BCUT2D eigenvalue weighted by atomic mass is 35.5. The third-order valence-electron chi connectivity index (χ3n) is 3.00. The number of rotatable bonds is 6. The smallest absolute Gasteiger partial charge is 0.348 e. The first-order valence-corrected chi connectivity index (χ1v) is 8.20. The average molecular weight is 369 g/mol. The van der Waals surface area contributed by atoms with E-state index in [9.17, 15) is 4.79 Å². The number of methoxy groups -OCH3 is 1. The first-order chi connectivity index (χ1) is 11.0. The van der Waals surface area contributed by atoms with Crippen LogP contribution in [0.5, 0.6) is 0 Å². The van der Waals surface area contributed by atoms with Crippen molar-refractivity contribution >= 4 is 51.3 Å². The quantitative estimate of drug-likeness (QED) is 0.581. The largest absolute Gasteiger partial charge is 0.465 e. The first kappa shape index (κ1) is 17.5. The fourth-order valence-electron chi connectivity index (χ4n) is 1.88. The van der Waals surface area contributed by atoms with E-state index in [0.717, 1.165) is 16.9 Å². The van der Waals surface area contributed by atoms with Crippen LogP contribution in [0.1, 0.15) is 20.8 Å². The van der Waals surface area contributed by atoms with E-state index in [2.05, 4.69) is 10.1 Å². The van der Waals surface area contributed by atoms with E-state index in [1.54, 1.807) is 12.3 Å². The molecule has 0 saturated carbocycles. The molecule has 0 aliphatic rings. The normalized spacial score (nSPS) is 11.2. The predicted octanol–water partition coefficient (Wildman–Crippen LogP) is 4.53. The minimum Gasteiger partial charge on any atom is -0.465 e. The molecule has 2 rings (SSSR count). The number of allylic oxidation sites excluding steroid dienone is 1. The highest BCUT2D eigenvalue weighted by Crippen LogP contribution is 2.34. The number of esters is 1. The van der Waals surface area contributed by atoms with Gasteiger partial charge in [-0.3, -0.25) is 5.41 Å². The maximum absolute atomic E-state index is 11.6. The molecule has 0 atom stereocenters. The van der Waals surface area contributed by atoms with Crippen LogP contribution in [0.4, 0.5) is 0 Å². The summed E-state index contributed by atoms with van der Waals surface area (Å²) in [5.74, 6) is -0.471. The van der Waals surface area contributed by atoms with Gasteiger partial charge in [-0.15, -0.1) is 11.3 Å². The van der Waals surface area contributed by atoms with Gasteiger partial charge in [-0.1, -0.05) is 53.5 Å². The number of carbonyl (C=O) groups excluding carboxylic acids is 1. The second-order valence-corrected chi connectivity index (χ2v) is 6.56. The Hall–Kier alpha value is -1.82. The van der Waals surface area contributed by atoms with Gasteiger partial charge in [0.25, 0.3) is 0 Å². The molecule has 0 aliphatic carbocycles. The molecule has 7 heteroatoms. The summed E-state index contributed by atoms with van der Waals surface area (Å²) in [4.78, 5) is 11.9. The van der Waals surface area contributed by atoms with Gasteiger partial charge < -0.3 is 10.1 Å². The number of hydrogen-bond acceptors (Lipinski definition) is 5. The van der Waals surface area contributed by atoms with E-state index in [1.807, 2.05) is 30.3 Å². The molecule has 1 aromatic carbocycles. The highest BCUT2D eigenvalue weighted by Gasteiger charge is 2.18. The SMILES string of the molecule is COC(=O)c1cc(/C(=C/NCc2ccccc2)C(=N)Cl)c(Cl)s1. The molecule has 120 valence electrons. The Morgan fingerprint density at radius 3 is 2.70 bits per heavy atom. The van der Waals surface area contributed by atoms with Gasteiger partial charge in [0.1, 0.15) is 14.4 Å². The molecule has 1 aromatic heterocycles. The lowest BCUT2D eigenvalue weighted by Gasteiger charge is -2.06. The summed E-state index contributed by atoms with van der Waals surface area (Å²) in [7, 11) is 1.30. The molecular formula is C16H14Cl2N2O2S. The summed E-state index contributed by atoms with van der Waals surface area (Å²) in [6.07, 6.45) is 1.62. The summed E-state index contributed by atoms with van der Waals surface area (Å²) in [6, 6.07) is 11.4. The highest BCUT2D eigenvalue weighted by molar-refractivity contribution is 7.18. The molecule has 23 heavy (non-hydrogen) atoms. The van der Waals surface area contributed by atoms with Crippen LogP contribution in [-0.2, 0) is 11.3 Å². The molecule has 2 N–H and O–H groups in total. The van der Waals surface area contributed by atoms with Crippen LogP contribution in [0, 0.1) is 5.41 Å². The van der Waals surface area contributed by atoms with Gasteiger partial charge in [-0.25, -0.2) is 4.79 Å². The van der Waals surface area contributed by atoms with Gasteiger partial charge in [0.05, 0.1) is 7.11 Å². The maximum atomic E-state index is 11.6.